The molecule has 1 heterocycles. The van der Waals surface area contributed by atoms with Gasteiger partial charge in [0.15, 0.2) is 0 Å². The highest BCUT2D eigenvalue weighted by Crippen LogP contribution is 2.15. The van der Waals surface area contributed by atoms with Crippen LogP contribution in [0.5, 0.6) is 5.75 Å². The summed E-state index contributed by atoms with van der Waals surface area (Å²) in [5.74, 6) is 7.26. The first-order valence-corrected chi connectivity index (χ1v) is 10.6. The minimum Gasteiger partial charge on any atom is -0.493 e. The Morgan fingerprint density at radius 3 is 2.79 bits per heavy atom. The van der Waals surface area contributed by atoms with Crippen molar-refractivity contribution in [1.82, 2.24) is 4.90 Å². The molecule has 0 spiro atoms. The molecule has 0 radical (unpaired) electrons. The molecular weight excluding hydrogens is 362 g/mol. The van der Waals surface area contributed by atoms with E-state index in [0.717, 1.165) is 25.3 Å². The van der Waals surface area contributed by atoms with Gasteiger partial charge in [-0.15, -0.1) is 0 Å². The summed E-state index contributed by atoms with van der Waals surface area (Å²) in [6.45, 7) is 8.80. The minimum atomic E-state index is 0.0520. The van der Waals surface area contributed by atoms with Gasteiger partial charge in [-0.25, -0.2) is 0 Å². The summed E-state index contributed by atoms with van der Waals surface area (Å²) in [7, 11) is 2.12. The van der Waals surface area contributed by atoms with E-state index in [0.29, 0.717) is 6.61 Å². The van der Waals surface area contributed by atoms with E-state index in [-0.39, 0.29) is 5.41 Å². The number of likely N-dealkylation sites (N-methyl/N-ethyl adjacent to an activating group) is 1. The average molecular weight is 394 g/mol. The third-order valence-corrected chi connectivity index (χ3v) is 4.52. The van der Waals surface area contributed by atoms with Crippen molar-refractivity contribution in [1.29, 1.82) is 0 Å². The molecule has 0 saturated carbocycles. The maximum absolute atomic E-state index is 5.89. The van der Waals surface area contributed by atoms with Crippen LogP contribution in [0.4, 0.5) is 0 Å². The van der Waals surface area contributed by atoms with Crippen molar-refractivity contribution in [3.8, 4) is 17.6 Å². The second kappa shape index (κ2) is 11.5. The van der Waals surface area contributed by atoms with Gasteiger partial charge in [-0.05, 0) is 80.4 Å². The monoisotopic (exact) mass is 393 g/mol. The highest BCUT2D eigenvalue weighted by molar-refractivity contribution is 7.08. The molecule has 0 aliphatic heterocycles. The maximum Gasteiger partial charge on any atom is 0.119 e. The topological polar surface area (TPSA) is 12.5 Å². The van der Waals surface area contributed by atoms with E-state index in [9.17, 15) is 0 Å². The van der Waals surface area contributed by atoms with Crippen LogP contribution >= 0.6 is 11.3 Å². The van der Waals surface area contributed by atoms with Gasteiger partial charge < -0.3 is 4.74 Å². The Hall–Kier alpha value is -2.28. The van der Waals surface area contributed by atoms with E-state index in [1.165, 1.54) is 11.1 Å². The third kappa shape index (κ3) is 9.60. The first-order valence-electron chi connectivity index (χ1n) is 9.69. The highest BCUT2D eigenvalue weighted by Gasteiger charge is 2.03. The van der Waals surface area contributed by atoms with Crippen LogP contribution in [0.25, 0.3) is 6.08 Å². The van der Waals surface area contributed by atoms with Gasteiger partial charge in [0.2, 0.25) is 0 Å². The number of allylic oxidation sites excluding steroid dienone is 1. The van der Waals surface area contributed by atoms with E-state index in [1.807, 2.05) is 12.1 Å². The summed E-state index contributed by atoms with van der Waals surface area (Å²) >= 11 is 1.72. The molecule has 2 nitrogen and oxygen atoms in total. The van der Waals surface area contributed by atoms with Crippen LogP contribution in [0.3, 0.4) is 0 Å². The minimum absolute atomic E-state index is 0.0520. The van der Waals surface area contributed by atoms with Crippen molar-refractivity contribution in [2.45, 2.75) is 33.7 Å². The fourth-order valence-electron chi connectivity index (χ4n) is 2.49. The standard InChI is InChI=1S/C25H31NOS/c1-25(2,3)15-7-5-8-16-26(4)20-23-12-10-13-24(19-23)27-17-9-6-11-22-14-18-28-21-22/h5-6,8,10-14,18-19,21H,9,16-17,20H2,1-4H3/b8-5+,11-6+. The Balaban J connectivity index is 1.74. The Labute approximate surface area is 174 Å². The number of hydrogen-bond acceptors (Lipinski definition) is 3. The Bertz CT molecular complexity index is 816. The van der Waals surface area contributed by atoms with Crippen molar-refractivity contribution < 1.29 is 4.74 Å². The van der Waals surface area contributed by atoms with Crippen molar-refractivity contribution in [2.24, 2.45) is 5.41 Å². The second-order valence-electron chi connectivity index (χ2n) is 7.86. The number of thiophene rings is 1. The molecule has 0 unspecified atom stereocenters. The fraction of sp³-hybridized carbons (Fsp3) is 0.360. The number of ether oxygens (including phenoxy) is 1. The normalized spacial score (nSPS) is 11.9. The second-order valence-corrected chi connectivity index (χ2v) is 8.64. The first-order chi connectivity index (χ1) is 13.4. The molecule has 0 aliphatic rings. The Morgan fingerprint density at radius 1 is 1.18 bits per heavy atom. The summed E-state index contributed by atoms with van der Waals surface area (Å²) in [5, 5.41) is 4.23. The molecule has 0 bridgehead atoms. The molecular formula is C25H31NOS. The van der Waals surface area contributed by atoms with Gasteiger partial charge in [-0.3, -0.25) is 4.90 Å². The van der Waals surface area contributed by atoms with Crippen LogP contribution in [-0.2, 0) is 6.54 Å². The van der Waals surface area contributed by atoms with Crippen molar-refractivity contribution in [2.75, 3.05) is 20.2 Å². The van der Waals surface area contributed by atoms with Crippen LogP contribution in [0.2, 0.25) is 0 Å². The van der Waals surface area contributed by atoms with Gasteiger partial charge >= 0.3 is 0 Å². The smallest absolute Gasteiger partial charge is 0.119 e. The zero-order valence-electron chi connectivity index (χ0n) is 17.4. The molecule has 0 aliphatic carbocycles. The molecule has 0 N–H and O–H groups in total. The van der Waals surface area contributed by atoms with Gasteiger partial charge in [0.1, 0.15) is 5.75 Å². The number of nitrogens with zero attached hydrogens (tertiary/aromatic N) is 1. The van der Waals surface area contributed by atoms with Crippen molar-refractivity contribution in [3.63, 3.8) is 0 Å². The highest BCUT2D eigenvalue weighted by atomic mass is 32.1. The molecule has 0 amide bonds. The van der Waals surface area contributed by atoms with Crippen molar-refractivity contribution >= 4 is 17.4 Å². The molecule has 3 heteroatoms. The quantitative estimate of drug-likeness (QED) is 0.368. The molecule has 0 fully saturated rings. The lowest BCUT2D eigenvalue weighted by Crippen LogP contribution is -2.17. The number of benzene rings is 1. The van der Waals surface area contributed by atoms with Crippen LogP contribution in [-0.4, -0.2) is 25.1 Å². The first kappa shape index (κ1) is 22.0. The van der Waals surface area contributed by atoms with E-state index < -0.39 is 0 Å². The van der Waals surface area contributed by atoms with E-state index in [1.54, 1.807) is 11.3 Å². The van der Waals surface area contributed by atoms with Gasteiger partial charge in [0.05, 0.1) is 6.61 Å². The predicted octanol–water partition coefficient (Wildman–Crippen LogP) is 6.27. The summed E-state index contributed by atoms with van der Waals surface area (Å²) in [6, 6.07) is 10.5. The van der Waals surface area contributed by atoms with Crippen molar-refractivity contribution in [3.05, 3.63) is 70.4 Å². The molecule has 1 aromatic heterocycles. The summed E-state index contributed by atoms with van der Waals surface area (Å²) in [5.41, 5.74) is 2.56. The molecule has 2 rings (SSSR count). The number of rotatable bonds is 9. The molecule has 1 aromatic carbocycles. The van der Waals surface area contributed by atoms with Crippen LogP contribution in [0.15, 0.2) is 59.3 Å². The predicted molar refractivity (Wildman–Crippen MR) is 123 cm³/mol. The van der Waals surface area contributed by atoms with Gasteiger partial charge in [0.25, 0.3) is 0 Å². The lowest BCUT2D eigenvalue weighted by Gasteiger charge is -2.15. The molecule has 2 aromatic rings. The van der Waals surface area contributed by atoms with Crippen LogP contribution < -0.4 is 4.74 Å². The van der Waals surface area contributed by atoms with E-state index >= 15 is 0 Å². The molecule has 0 saturated heterocycles. The Morgan fingerprint density at radius 2 is 2.04 bits per heavy atom. The summed E-state index contributed by atoms with van der Waals surface area (Å²) in [6.07, 6.45) is 9.27. The van der Waals surface area contributed by atoms with E-state index in [4.69, 9.17) is 4.74 Å². The summed E-state index contributed by atoms with van der Waals surface area (Å²) in [4.78, 5) is 2.26. The number of hydrogen-bond donors (Lipinski definition) is 0. The lowest BCUT2D eigenvalue weighted by molar-refractivity contribution is 0.322. The molecule has 148 valence electrons. The van der Waals surface area contributed by atoms with Gasteiger partial charge in [-0.2, -0.15) is 11.3 Å². The molecule has 28 heavy (non-hydrogen) atoms. The molecule has 0 atom stereocenters. The van der Waals surface area contributed by atoms with Crippen LogP contribution in [0, 0.1) is 17.3 Å². The van der Waals surface area contributed by atoms with Gasteiger partial charge in [-0.1, -0.05) is 42.2 Å². The largest absolute Gasteiger partial charge is 0.493 e. The van der Waals surface area contributed by atoms with Crippen LogP contribution in [0.1, 0.15) is 38.3 Å². The average Bonchev–Trinajstić information content (AvgIpc) is 3.14. The SMILES string of the molecule is CN(C/C=C/C#CC(C)(C)C)Cc1cccc(OCC/C=C/c2ccsc2)c1. The van der Waals surface area contributed by atoms with E-state index in [2.05, 4.69) is 97.8 Å². The maximum atomic E-state index is 5.89. The Kier molecular flexibility index (Phi) is 9.07. The van der Waals surface area contributed by atoms with Gasteiger partial charge in [0, 0.05) is 18.5 Å². The third-order valence-electron chi connectivity index (χ3n) is 3.82. The zero-order chi connectivity index (χ0) is 20.2. The lowest BCUT2D eigenvalue weighted by atomic mass is 9.98. The fourth-order valence-corrected chi connectivity index (χ4v) is 3.12. The zero-order valence-corrected chi connectivity index (χ0v) is 18.3. The summed E-state index contributed by atoms with van der Waals surface area (Å²) < 4.78 is 5.89.